The van der Waals surface area contributed by atoms with Crippen molar-refractivity contribution in [3.05, 3.63) is 23.8 Å². The molecule has 7 nitrogen and oxygen atoms in total. The Morgan fingerprint density at radius 1 is 1.19 bits per heavy atom. The molecule has 8 heteroatoms. The summed E-state index contributed by atoms with van der Waals surface area (Å²) in [6, 6.07) is 6.21. The number of guanidine groups is 1. The number of nitrogens with one attached hydrogen (secondary N) is 3. The van der Waals surface area contributed by atoms with Crippen molar-refractivity contribution in [1.29, 1.82) is 0 Å². The highest BCUT2D eigenvalue weighted by atomic mass is 127. The fraction of sp³-hybridized carbons (Fsp3) is 0.579. The maximum Gasteiger partial charge on any atom is 0.231 e. The molecule has 1 saturated carbocycles. The SMILES string of the molecule is CCNC(=NCc1ccc2c(c1)OCO2)NCCC(=O)NC1CCCC1.I. The molecule has 0 saturated heterocycles. The number of hydrogen-bond acceptors (Lipinski definition) is 4. The van der Waals surface area contributed by atoms with Crippen LogP contribution in [0.1, 0.15) is 44.6 Å². The van der Waals surface area contributed by atoms with Crippen molar-refractivity contribution in [2.45, 2.75) is 51.6 Å². The van der Waals surface area contributed by atoms with Gasteiger partial charge in [0.25, 0.3) is 0 Å². The smallest absolute Gasteiger partial charge is 0.231 e. The summed E-state index contributed by atoms with van der Waals surface area (Å²) < 4.78 is 10.7. The van der Waals surface area contributed by atoms with E-state index in [2.05, 4.69) is 20.9 Å². The van der Waals surface area contributed by atoms with Crippen LogP contribution in [0.25, 0.3) is 0 Å². The molecule has 1 aromatic rings. The predicted molar refractivity (Wildman–Crippen MR) is 116 cm³/mol. The lowest BCUT2D eigenvalue weighted by molar-refractivity contribution is -0.121. The number of aliphatic imine (C=N–C) groups is 1. The van der Waals surface area contributed by atoms with E-state index in [-0.39, 0.29) is 36.7 Å². The van der Waals surface area contributed by atoms with Crippen molar-refractivity contribution in [2.75, 3.05) is 19.9 Å². The minimum atomic E-state index is 0. The van der Waals surface area contributed by atoms with E-state index < -0.39 is 0 Å². The Morgan fingerprint density at radius 2 is 1.96 bits per heavy atom. The van der Waals surface area contributed by atoms with Crippen LogP contribution in [0.2, 0.25) is 0 Å². The minimum Gasteiger partial charge on any atom is -0.454 e. The van der Waals surface area contributed by atoms with Gasteiger partial charge in [-0.3, -0.25) is 4.79 Å². The number of rotatable bonds is 7. The van der Waals surface area contributed by atoms with Gasteiger partial charge < -0.3 is 25.4 Å². The third-order valence-corrected chi connectivity index (χ3v) is 4.57. The molecule has 1 heterocycles. The molecule has 0 spiro atoms. The molecule has 1 aliphatic heterocycles. The maximum absolute atomic E-state index is 12.0. The summed E-state index contributed by atoms with van der Waals surface area (Å²) in [6.45, 7) is 4.15. The first-order valence-electron chi connectivity index (χ1n) is 9.44. The van der Waals surface area contributed by atoms with Crippen LogP contribution in [0.4, 0.5) is 0 Å². The van der Waals surface area contributed by atoms with Crippen molar-refractivity contribution >= 4 is 35.8 Å². The minimum absolute atomic E-state index is 0. The van der Waals surface area contributed by atoms with Gasteiger partial charge in [-0.1, -0.05) is 18.9 Å². The van der Waals surface area contributed by atoms with Crippen molar-refractivity contribution < 1.29 is 14.3 Å². The van der Waals surface area contributed by atoms with Gasteiger partial charge in [-0.15, -0.1) is 24.0 Å². The van der Waals surface area contributed by atoms with Gasteiger partial charge >= 0.3 is 0 Å². The number of benzene rings is 1. The number of carbonyl (C=O) groups is 1. The molecule has 3 rings (SSSR count). The quantitative estimate of drug-likeness (QED) is 0.312. The monoisotopic (exact) mass is 488 g/mol. The van der Waals surface area contributed by atoms with Crippen LogP contribution in [-0.2, 0) is 11.3 Å². The number of amides is 1. The van der Waals surface area contributed by atoms with Crippen LogP contribution < -0.4 is 25.4 Å². The molecule has 0 radical (unpaired) electrons. The second kappa shape index (κ2) is 11.2. The van der Waals surface area contributed by atoms with Gasteiger partial charge in [0.05, 0.1) is 6.54 Å². The fourth-order valence-corrected chi connectivity index (χ4v) is 3.22. The lowest BCUT2D eigenvalue weighted by Gasteiger charge is -2.14. The molecule has 0 unspecified atom stereocenters. The van der Waals surface area contributed by atoms with Gasteiger partial charge in [0, 0.05) is 25.6 Å². The highest BCUT2D eigenvalue weighted by molar-refractivity contribution is 14.0. The maximum atomic E-state index is 12.0. The van der Waals surface area contributed by atoms with Gasteiger partial charge in [-0.05, 0) is 37.5 Å². The summed E-state index contributed by atoms with van der Waals surface area (Å²) in [5, 5.41) is 9.53. The number of fused-ring (bicyclic) bond motifs is 1. The summed E-state index contributed by atoms with van der Waals surface area (Å²) >= 11 is 0. The Bertz CT molecular complexity index is 648. The van der Waals surface area contributed by atoms with E-state index in [4.69, 9.17) is 9.47 Å². The van der Waals surface area contributed by atoms with Crippen LogP contribution in [-0.4, -0.2) is 37.8 Å². The van der Waals surface area contributed by atoms with E-state index >= 15 is 0 Å². The van der Waals surface area contributed by atoms with Gasteiger partial charge in [-0.25, -0.2) is 4.99 Å². The van der Waals surface area contributed by atoms with Crippen molar-refractivity contribution in [3.8, 4) is 11.5 Å². The molecule has 3 N–H and O–H groups in total. The van der Waals surface area contributed by atoms with Gasteiger partial charge in [0.1, 0.15) is 0 Å². The molecule has 0 bridgehead atoms. The molecule has 0 aromatic heterocycles. The largest absolute Gasteiger partial charge is 0.454 e. The Balaban J connectivity index is 0.00000261. The first-order chi connectivity index (χ1) is 12.7. The number of ether oxygens (including phenoxy) is 2. The zero-order valence-corrected chi connectivity index (χ0v) is 18.1. The Kier molecular flexibility index (Phi) is 8.96. The average Bonchev–Trinajstić information content (AvgIpc) is 3.30. The molecule has 2 aliphatic rings. The summed E-state index contributed by atoms with van der Waals surface area (Å²) in [7, 11) is 0. The van der Waals surface area contributed by atoms with Crippen LogP contribution in [0.15, 0.2) is 23.2 Å². The topological polar surface area (TPSA) is 84.0 Å². The van der Waals surface area contributed by atoms with E-state index in [1.807, 2.05) is 25.1 Å². The third-order valence-electron chi connectivity index (χ3n) is 4.57. The van der Waals surface area contributed by atoms with E-state index in [1.165, 1.54) is 12.8 Å². The summed E-state index contributed by atoms with van der Waals surface area (Å²) in [4.78, 5) is 16.6. The van der Waals surface area contributed by atoms with Crippen LogP contribution in [0.5, 0.6) is 11.5 Å². The summed E-state index contributed by atoms with van der Waals surface area (Å²) in [5.74, 6) is 2.35. The highest BCUT2D eigenvalue weighted by Crippen LogP contribution is 2.32. The Labute approximate surface area is 177 Å². The first kappa shape index (κ1) is 21.6. The third kappa shape index (κ3) is 6.75. The molecule has 27 heavy (non-hydrogen) atoms. The van der Waals surface area contributed by atoms with E-state index in [0.717, 1.165) is 36.4 Å². The summed E-state index contributed by atoms with van der Waals surface area (Å²) in [6.07, 6.45) is 5.11. The Morgan fingerprint density at radius 3 is 2.74 bits per heavy atom. The normalized spacial score (nSPS) is 16.0. The van der Waals surface area contributed by atoms with Crippen molar-refractivity contribution in [3.63, 3.8) is 0 Å². The van der Waals surface area contributed by atoms with E-state index in [1.54, 1.807) is 0 Å². The number of carbonyl (C=O) groups excluding carboxylic acids is 1. The van der Waals surface area contributed by atoms with Crippen LogP contribution >= 0.6 is 24.0 Å². The molecule has 0 atom stereocenters. The number of nitrogens with zero attached hydrogens (tertiary/aromatic N) is 1. The van der Waals surface area contributed by atoms with Crippen molar-refractivity contribution in [1.82, 2.24) is 16.0 Å². The zero-order chi connectivity index (χ0) is 18.2. The first-order valence-corrected chi connectivity index (χ1v) is 9.44. The predicted octanol–water partition coefficient (Wildman–Crippen LogP) is 2.54. The molecule has 1 aromatic carbocycles. The van der Waals surface area contributed by atoms with Crippen LogP contribution in [0, 0.1) is 0 Å². The molecular weight excluding hydrogens is 459 g/mol. The molecule has 150 valence electrons. The Hall–Kier alpha value is -1.71. The second-order valence-corrected chi connectivity index (χ2v) is 6.61. The lowest BCUT2D eigenvalue weighted by Crippen LogP contribution is -2.40. The molecule has 1 amide bonds. The van der Waals surface area contributed by atoms with Crippen LogP contribution in [0.3, 0.4) is 0 Å². The van der Waals surface area contributed by atoms with Crippen molar-refractivity contribution in [2.24, 2.45) is 4.99 Å². The van der Waals surface area contributed by atoms with E-state index in [0.29, 0.717) is 31.5 Å². The second-order valence-electron chi connectivity index (χ2n) is 6.61. The fourth-order valence-electron chi connectivity index (χ4n) is 3.22. The number of halogens is 1. The van der Waals surface area contributed by atoms with Gasteiger partial charge in [-0.2, -0.15) is 0 Å². The van der Waals surface area contributed by atoms with E-state index in [9.17, 15) is 4.79 Å². The molecule has 1 fully saturated rings. The lowest BCUT2D eigenvalue weighted by atomic mass is 10.2. The van der Waals surface area contributed by atoms with Gasteiger partial charge in [0.2, 0.25) is 12.7 Å². The summed E-state index contributed by atoms with van der Waals surface area (Å²) in [5.41, 5.74) is 1.05. The average molecular weight is 488 g/mol. The number of hydrogen-bond donors (Lipinski definition) is 3. The molecular formula is C19H29IN4O3. The zero-order valence-electron chi connectivity index (χ0n) is 15.8. The highest BCUT2D eigenvalue weighted by Gasteiger charge is 2.16. The standard InChI is InChI=1S/C19H28N4O3.HI/c1-2-20-19(21-10-9-18(24)23-15-5-3-4-6-15)22-12-14-7-8-16-17(11-14)26-13-25-16;/h7-8,11,15H,2-6,9-10,12-13H2,1H3,(H,23,24)(H2,20,21,22);1H. The van der Waals surface area contributed by atoms with Gasteiger partial charge in [0.15, 0.2) is 17.5 Å². The molecule has 1 aliphatic carbocycles.